The Labute approximate surface area is 120 Å². The van der Waals surface area contributed by atoms with E-state index in [0.29, 0.717) is 0 Å². The molecule has 0 bridgehead atoms. The summed E-state index contributed by atoms with van der Waals surface area (Å²) in [6.07, 6.45) is 3.24. The third kappa shape index (κ3) is 4.35. The van der Waals surface area contributed by atoms with Gasteiger partial charge in [0.15, 0.2) is 9.84 Å². The number of ether oxygens (including phenoxy) is 1. The molecular weight excluding hydrogens is 274 g/mol. The fourth-order valence-electron chi connectivity index (χ4n) is 2.08. The van der Waals surface area contributed by atoms with Gasteiger partial charge in [-0.1, -0.05) is 25.1 Å². The molecule has 4 nitrogen and oxygen atoms in total. The van der Waals surface area contributed by atoms with Crippen molar-refractivity contribution in [3.8, 4) is 5.75 Å². The topological polar surface area (TPSA) is 55.4 Å². The number of hydrogen-bond acceptors (Lipinski definition) is 4. The molecule has 1 aromatic carbocycles. The number of benzene rings is 1. The lowest BCUT2D eigenvalue weighted by Gasteiger charge is -2.14. The van der Waals surface area contributed by atoms with Gasteiger partial charge in [0.2, 0.25) is 0 Å². The van der Waals surface area contributed by atoms with E-state index in [1.54, 1.807) is 6.92 Å². The van der Waals surface area contributed by atoms with Crippen molar-refractivity contribution < 1.29 is 13.2 Å². The summed E-state index contributed by atoms with van der Waals surface area (Å²) < 4.78 is 28.2. The largest absolute Gasteiger partial charge is 0.493 e. The minimum Gasteiger partial charge on any atom is -0.493 e. The van der Waals surface area contributed by atoms with E-state index < -0.39 is 9.84 Å². The predicted molar refractivity (Wildman–Crippen MR) is 81.7 cm³/mol. The van der Waals surface area contributed by atoms with Gasteiger partial charge in [0, 0.05) is 12.3 Å². The fourth-order valence-corrected chi connectivity index (χ4v) is 2.71. The average molecular weight is 295 g/mol. The third-order valence-electron chi connectivity index (χ3n) is 3.39. The molecule has 0 amide bonds. The second-order valence-electron chi connectivity index (χ2n) is 4.79. The molecule has 2 rings (SSSR count). The maximum atomic E-state index is 11.4. The van der Waals surface area contributed by atoms with Crippen LogP contribution in [0.3, 0.4) is 0 Å². The summed E-state index contributed by atoms with van der Waals surface area (Å²) in [6, 6.07) is 7.86. The summed E-state index contributed by atoms with van der Waals surface area (Å²) in [5.41, 5.74) is 2.56. The summed E-state index contributed by atoms with van der Waals surface area (Å²) in [5, 5.41) is 3.29. The van der Waals surface area contributed by atoms with E-state index in [4.69, 9.17) is 4.74 Å². The van der Waals surface area contributed by atoms with Crippen LogP contribution < -0.4 is 10.1 Å². The monoisotopic (exact) mass is 295 g/mol. The van der Waals surface area contributed by atoms with Gasteiger partial charge in [-0.3, -0.25) is 0 Å². The molecule has 1 aliphatic heterocycles. The Kier molecular flexibility index (Phi) is 5.20. The first-order valence-electron chi connectivity index (χ1n) is 6.94. The molecule has 1 heterocycles. The van der Waals surface area contributed by atoms with Gasteiger partial charge in [0.25, 0.3) is 0 Å². The van der Waals surface area contributed by atoms with Crippen LogP contribution in [0.1, 0.15) is 18.9 Å². The van der Waals surface area contributed by atoms with Crippen LogP contribution in [0.2, 0.25) is 0 Å². The smallest absolute Gasteiger partial charge is 0.153 e. The van der Waals surface area contributed by atoms with E-state index in [1.165, 1.54) is 11.1 Å². The molecule has 0 fully saturated rings. The van der Waals surface area contributed by atoms with Crippen LogP contribution in [0, 0.1) is 0 Å². The maximum Gasteiger partial charge on any atom is 0.153 e. The minimum atomic E-state index is -2.96. The Morgan fingerprint density at radius 2 is 2.00 bits per heavy atom. The van der Waals surface area contributed by atoms with E-state index in [9.17, 15) is 8.42 Å². The van der Waals surface area contributed by atoms with Crippen molar-refractivity contribution in [1.29, 1.82) is 0 Å². The van der Waals surface area contributed by atoms with Gasteiger partial charge in [0.1, 0.15) is 12.4 Å². The second kappa shape index (κ2) is 6.90. The van der Waals surface area contributed by atoms with Crippen LogP contribution in [0.4, 0.5) is 0 Å². The Hall–Kier alpha value is -1.33. The molecule has 0 saturated carbocycles. The number of nitrogens with one attached hydrogen (secondary N) is 1. The van der Waals surface area contributed by atoms with Crippen LogP contribution in [0.5, 0.6) is 5.75 Å². The molecule has 1 N–H and O–H groups in total. The van der Waals surface area contributed by atoms with Crippen molar-refractivity contribution in [3.05, 3.63) is 35.9 Å². The Morgan fingerprint density at radius 1 is 1.25 bits per heavy atom. The van der Waals surface area contributed by atoms with Crippen molar-refractivity contribution in [3.63, 3.8) is 0 Å². The maximum absolute atomic E-state index is 11.4. The summed E-state index contributed by atoms with van der Waals surface area (Å²) in [5.74, 6) is 0.953. The van der Waals surface area contributed by atoms with Gasteiger partial charge in [0.05, 0.1) is 5.75 Å². The van der Waals surface area contributed by atoms with E-state index >= 15 is 0 Å². The van der Waals surface area contributed by atoms with Crippen LogP contribution in [0.25, 0.3) is 5.57 Å². The fraction of sp³-hybridized carbons (Fsp3) is 0.467. The summed E-state index contributed by atoms with van der Waals surface area (Å²) in [7, 11) is -2.96. The number of rotatable bonds is 6. The Balaban J connectivity index is 1.90. The molecule has 1 aromatic rings. The van der Waals surface area contributed by atoms with Gasteiger partial charge in [-0.25, -0.2) is 8.42 Å². The molecule has 1 aliphatic rings. The zero-order valence-corrected chi connectivity index (χ0v) is 12.6. The van der Waals surface area contributed by atoms with E-state index in [-0.39, 0.29) is 18.1 Å². The first kappa shape index (κ1) is 15.1. The molecule has 0 radical (unpaired) electrons. The van der Waals surface area contributed by atoms with Crippen LogP contribution >= 0.6 is 0 Å². The van der Waals surface area contributed by atoms with Gasteiger partial charge in [-0.15, -0.1) is 0 Å². The highest BCUT2D eigenvalue weighted by Gasteiger charge is 2.08. The summed E-state index contributed by atoms with van der Waals surface area (Å²) in [6.45, 7) is 3.79. The quantitative estimate of drug-likeness (QED) is 0.870. The Bertz CT molecular complexity index is 561. The normalized spacial score (nSPS) is 15.8. The van der Waals surface area contributed by atoms with Crippen LogP contribution in [-0.2, 0) is 9.84 Å². The van der Waals surface area contributed by atoms with Gasteiger partial charge >= 0.3 is 0 Å². The van der Waals surface area contributed by atoms with Crippen LogP contribution in [-0.4, -0.2) is 39.6 Å². The highest BCUT2D eigenvalue weighted by molar-refractivity contribution is 7.91. The molecular formula is C15H21NO3S. The van der Waals surface area contributed by atoms with Gasteiger partial charge in [-0.05, 0) is 36.2 Å². The van der Waals surface area contributed by atoms with Crippen molar-refractivity contribution in [2.45, 2.75) is 13.3 Å². The highest BCUT2D eigenvalue weighted by atomic mass is 32.2. The predicted octanol–water partition coefficient (Wildman–Crippen LogP) is 1.88. The summed E-state index contributed by atoms with van der Waals surface area (Å²) in [4.78, 5) is 0. The van der Waals surface area contributed by atoms with E-state index in [1.807, 2.05) is 24.3 Å². The lowest BCUT2D eigenvalue weighted by molar-refractivity contribution is 0.341. The van der Waals surface area contributed by atoms with E-state index in [2.05, 4.69) is 11.4 Å². The van der Waals surface area contributed by atoms with Gasteiger partial charge < -0.3 is 10.1 Å². The van der Waals surface area contributed by atoms with Crippen molar-refractivity contribution in [2.75, 3.05) is 31.2 Å². The molecule has 0 saturated heterocycles. The highest BCUT2D eigenvalue weighted by Crippen LogP contribution is 2.22. The molecule has 0 aliphatic carbocycles. The molecule has 0 unspecified atom stereocenters. The van der Waals surface area contributed by atoms with E-state index in [0.717, 1.165) is 25.3 Å². The third-order valence-corrected chi connectivity index (χ3v) is 5.06. The minimum absolute atomic E-state index is 0.0715. The molecule has 0 spiro atoms. The number of sulfone groups is 1. The van der Waals surface area contributed by atoms with Gasteiger partial charge in [-0.2, -0.15) is 0 Å². The lowest BCUT2D eigenvalue weighted by atomic mass is 10.0. The zero-order chi connectivity index (χ0) is 14.4. The average Bonchev–Trinajstić information content (AvgIpc) is 2.49. The van der Waals surface area contributed by atoms with Crippen molar-refractivity contribution in [1.82, 2.24) is 5.32 Å². The molecule has 0 atom stereocenters. The Morgan fingerprint density at radius 3 is 2.60 bits per heavy atom. The summed E-state index contributed by atoms with van der Waals surface area (Å²) >= 11 is 0. The SMILES string of the molecule is CCS(=O)(=O)CCOc1ccc(C2=CCNCC2)cc1. The lowest BCUT2D eigenvalue weighted by Crippen LogP contribution is -2.20. The second-order valence-corrected chi connectivity index (χ2v) is 7.27. The molecule has 0 aromatic heterocycles. The molecule has 20 heavy (non-hydrogen) atoms. The number of hydrogen-bond donors (Lipinski definition) is 1. The van der Waals surface area contributed by atoms with Crippen LogP contribution in [0.15, 0.2) is 30.3 Å². The zero-order valence-electron chi connectivity index (χ0n) is 11.8. The first-order valence-corrected chi connectivity index (χ1v) is 8.76. The standard InChI is InChI=1S/C15H21NO3S/c1-2-20(17,18)12-11-19-15-5-3-13(4-6-15)14-7-9-16-10-8-14/h3-7,16H,2,8-12H2,1H3. The molecule has 5 heteroatoms. The van der Waals surface area contributed by atoms with Crippen molar-refractivity contribution in [2.24, 2.45) is 0 Å². The molecule has 110 valence electrons. The first-order chi connectivity index (χ1) is 9.61. The van der Waals surface area contributed by atoms with Crippen molar-refractivity contribution >= 4 is 15.4 Å².